The molecule has 0 atom stereocenters. The molecule has 2 aromatic rings. The molecule has 0 aliphatic carbocycles. The number of rotatable bonds is 5. The van der Waals surface area contributed by atoms with Crippen LogP contribution in [-0.4, -0.2) is 10.8 Å². The van der Waals surface area contributed by atoms with E-state index in [1.165, 1.54) is 0 Å². The van der Waals surface area contributed by atoms with Gasteiger partial charge in [-0.3, -0.25) is 0 Å². The third-order valence-corrected chi connectivity index (χ3v) is 3.32. The summed E-state index contributed by atoms with van der Waals surface area (Å²) >= 11 is 0. The van der Waals surface area contributed by atoms with Crippen molar-refractivity contribution in [3.63, 3.8) is 0 Å². The maximum Gasteiger partial charge on any atom is 0.253 e. The van der Waals surface area contributed by atoms with Gasteiger partial charge in [0, 0.05) is 17.7 Å². The molecule has 0 amide bonds. The lowest BCUT2D eigenvalue weighted by molar-refractivity contribution is -0.677. The third-order valence-electron chi connectivity index (χ3n) is 3.32. The van der Waals surface area contributed by atoms with E-state index in [1.54, 1.807) is 4.68 Å². The Labute approximate surface area is 112 Å². The fourth-order valence-electron chi connectivity index (χ4n) is 1.63. The highest BCUT2D eigenvalue weighted by Crippen LogP contribution is 2.13. The number of hydrogen-bond acceptors (Lipinski definition) is 4. The zero-order valence-electron chi connectivity index (χ0n) is 11.5. The summed E-state index contributed by atoms with van der Waals surface area (Å²) in [5.41, 5.74) is 1.30. The van der Waals surface area contributed by atoms with E-state index in [9.17, 15) is 5.11 Å². The fourth-order valence-corrected chi connectivity index (χ4v) is 1.63. The molecule has 5 heteroatoms. The van der Waals surface area contributed by atoms with E-state index in [2.05, 4.69) is 31.4 Å². The normalized spacial score (nSPS) is 11.7. The quantitative estimate of drug-likeness (QED) is 0.824. The van der Waals surface area contributed by atoms with Crippen LogP contribution in [0.5, 0.6) is 5.95 Å². The molecule has 2 rings (SSSR count). The highest BCUT2D eigenvalue weighted by molar-refractivity contribution is 5.22. The monoisotopic (exact) mass is 261 g/mol. The number of aromatic nitrogens is 2. The molecule has 5 nitrogen and oxygen atoms in total. The van der Waals surface area contributed by atoms with E-state index in [-0.39, 0.29) is 5.54 Å². The van der Waals surface area contributed by atoms with Crippen molar-refractivity contribution in [2.24, 2.45) is 0 Å². The molecule has 0 aliphatic rings. The predicted molar refractivity (Wildman–Crippen MR) is 68.7 cm³/mol. The van der Waals surface area contributed by atoms with Crippen LogP contribution in [-0.2, 0) is 6.54 Å². The van der Waals surface area contributed by atoms with Crippen LogP contribution in [0.4, 0.5) is 0 Å². The number of nitrogens with one attached hydrogen (secondary N) is 1. The van der Waals surface area contributed by atoms with E-state index in [1.807, 2.05) is 30.3 Å². The second-order valence-corrected chi connectivity index (χ2v) is 5.15. The fraction of sp³-hybridized carbons (Fsp3) is 0.429. The summed E-state index contributed by atoms with van der Waals surface area (Å²) in [5.74, 6) is -0.400. The Bertz CT molecular complexity index is 535. The molecule has 0 radical (unpaired) electrons. The summed E-state index contributed by atoms with van der Waals surface area (Å²) in [7, 11) is 0. The zero-order valence-corrected chi connectivity index (χ0v) is 11.5. The molecular weight excluding hydrogens is 242 g/mol. The SMILES string of the molecule is CCC(C)(C)NCc1c([O-])on[n+]1-c1ccccc1. The van der Waals surface area contributed by atoms with E-state index < -0.39 is 5.95 Å². The van der Waals surface area contributed by atoms with Crippen LogP contribution in [0.2, 0.25) is 0 Å². The Morgan fingerprint density at radius 2 is 2.00 bits per heavy atom. The summed E-state index contributed by atoms with van der Waals surface area (Å²) in [6.07, 6.45) is 0.970. The van der Waals surface area contributed by atoms with Crippen molar-refractivity contribution in [1.82, 2.24) is 10.6 Å². The molecule has 0 spiro atoms. The Balaban J connectivity index is 2.24. The molecule has 1 N–H and O–H groups in total. The van der Waals surface area contributed by atoms with Crippen molar-refractivity contribution in [2.75, 3.05) is 0 Å². The van der Waals surface area contributed by atoms with Gasteiger partial charge in [-0.25, -0.2) is 0 Å². The largest absolute Gasteiger partial charge is 0.539 e. The van der Waals surface area contributed by atoms with E-state index in [0.29, 0.717) is 12.2 Å². The average molecular weight is 261 g/mol. The van der Waals surface area contributed by atoms with Gasteiger partial charge in [0.25, 0.3) is 5.69 Å². The average Bonchev–Trinajstić information content (AvgIpc) is 2.79. The van der Waals surface area contributed by atoms with Gasteiger partial charge in [0.05, 0.1) is 11.8 Å². The summed E-state index contributed by atoms with van der Waals surface area (Å²) < 4.78 is 6.31. The summed E-state index contributed by atoms with van der Waals surface area (Å²) in [6, 6.07) is 9.48. The molecule has 1 aromatic carbocycles. The minimum Gasteiger partial charge on any atom is -0.539 e. The van der Waals surface area contributed by atoms with Gasteiger partial charge in [0.1, 0.15) is 0 Å². The molecule has 0 aliphatic heterocycles. The maximum atomic E-state index is 11.7. The number of hydrogen-bond donors (Lipinski definition) is 1. The highest BCUT2D eigenvalue weighted by atomic mass is 16.6. The number of benzene rings is 1. The van der Waals surface area contributed by atoms with Crippen LogP contribution >= 0.6 is 0 Å². The highest BCUT2D eigenvalue weighted by Gasteiger charge is 2.23. The lowest BCUT2D eigenvalue weighted by Crippen LogP contribution is -2.44. The van der Waals surface area contributed by atoms with Gasteiger partial charge in [-0.05, 0) is 25.0 Å². The topological polar surface area (TPSA) is 65.0 Å². The maximum absolute atomic E-state index is 11.7. The Morgan fingerprint density at radius 1 is 1.32 bits per heavy atom. The zero-order chi connectivity index (χ0) is 13.9. The van der Waals surface area contributed by atoms with Gasteiger partial charge < -0.3 is 14.9 Å². The first-order valence-electron chi connectivity index (χ1n) is 6.42. The smallest absolute Gasteiger partial charge is 0.253 e. The standard InChI is InChI=1S/C14H19N3O2/c1-4-14(2,3)15-10-12-13(18)19-16-17(12)11-8-6-5-7-9-11/h5-9,15H,4,10H2,1-3H3. The molecule has 1 heterocycles. The lowest BCUT2D eigenvalue weighted by Gasteiger charge is -2.23. The van der Waals surface area contributed by atoms with E-state index >= 15 is 0 Å². The van der Waals surface area contributed by atoms with Gasteiger partial charge >= 0.3 is 0 Å². The van der Waals surface area contributed by atoms with Crippen molar-refractivity contribution in [3.8, 4) is 11.6 Å². The minimum absolute atomic E-state index is 0.0295. The van der Waals surface area contributed by atoms with Crippen molar-refractivity contribution in [2.45, 2.75) is 39.3 Å². The van der Waals surface area contributed by atoms with Crippen molar-refractivity contribution in [3.05, 3.63) is 36.0 Å². The summed E-state index contributed by atoms with van der Waals surface area (Å²) in [4.78, 5) is 0. The molecule has 0 saturated heterocycles. The summed E-state index contributed by atoms with van der Waals surface area (Å²) in [6.45, 7) is 6.72. The lowest BCUT2D eigenvalue weighted by atomic mass is 10.0. The van der Waals surface area contributed by atoms with E-state index in [4.69, 9.17) is 4.52 Å². The number of nitrogens with zero attached hydrogens (tertiary/aromatic N) is 2. The Kier molecular flexibility index (Phi) is 3.85. The van der Waals surface area contributed by atoms with Gasteiger partial charge in [0.2, 0.25) is 5.69 Å². The van der Waals surface area contributed by atoms with Crippen LogP contribution < -0.4 is 15.1 Å². The molecule has 19 heavy (non-hydrogen) atoms. The Hall–Kier alpha value is -1.88. The van der Waals surface area contributed by atoms with E-state index in [0.717, 1.165) is 12.1 Å². The first-order valence-corrected chi connectivity index (χ1v) is 6.42. The van der Waals surface area contributed by atoms with Crippen molar-refractivity contribution >= 4 is 0 Å². The third kappa shape index (κ3) is 3.12. The molecule has 0 saturated carbocycles. The molecular formula is C14H19N3O2. The second-order valence-electron chi connectivity index (χ2n) is 5.15. The van der Waals surface area contributed by atoms with Gasteiger partial charge in [-0.15, -0.1) is 0 Å². The van der Waals surface area contributed by atoms with Crippen molar-refractivity contribution < 1.29 is 14.3 Å². The van der Waals surface area contributed by atoms with Crippen LogP contribution in [0.25, 0.3) is 5.69 Å². The molecule has 0 unspecified atom stereocenters. The van der Waals surface area contributed by atoms with Crippen LogP contribution in [0, 0.1) is 0 Å². The van der Waals surface area contributed by atoms with Crippen LogP contribution in [0.1, 0.15) is 32.9 Å². The minimum atomic E-state index is -0.400. The second kappa shape index (κ2) is 5.40. The molecule has 0 bridgehead atoms. The van der Waals surface area contributed by atoms with Gasteiger partial charge in [0.15, 0.2) is 5.95 Å². The molecule has 0 fully saturated rings. The van der Waals surface area contributed by atoms with Gasteiger partial charge in [-0.2, -0.15) is 0 Å². The molecule has 1 aromatic heterocycles. The summed E-state index contributed by atoms with van der Waals surface area (Å²) in [5, 5.41) is 18.9. The van der Waals surface area contributed by atoms with Gasteiger partial charge in [-0.1, -0.05) is 25.1 Å². The Morgan fingerprint density at radius 3 is 2.63 bits per heavy atom. The first-order chi connectivity index (χ1) is 9.03. The van der Waals surface area contributed by atoms with Crippen LogP contribution in [0.3, 0.4) is 0 Å². The predicted octanol–water partition coefficient (Wildman–Crippen LogP) is 1.30. The van der Waals surface area contributed by atoms with Crippen molar-refractivity contribution in [1.29, 1.82) is 0 Å². The first kappa shape index (κ1) is 13.5. The molecule has 102 valence electrons. The van der Waals surface area contributed by atoms with Crippen LogP contribution in [0.15, 0.2) is 34.9 Å². The number of para-hydroxylation sites is 1.